The molecule has 0 bridgehead atoms. The molecule has 1 aromatic heterocycles. The maximum atomic E-state index is 10.1. The summed E-state index contributed by atoms with van der Waals surface area (Å²) in [5.74, 6) is 0. The predicted molar refractivity (Wildman–Crippen MR) is 22.2 cm³/mol. The van der Waals surface area contributed by atoms with Gasteiger partial charge in [-0.2, -0.15) is 0 Å². The normalized spacial score (nSPS) is 9.00. The lowest BCUT2D eigenvalue weighted by Crippen LogP contribution is -2.38. The fourth-order valence-corrected chi connectivity index (χ4v) is 0.302. The van der Waals surface area contributed by atoms with Crippen molar-refractivity contribution in [1.82, 2.24) is 5.10 Å². The van der Waals surface area contributed by atoms with Gasteiger partial charge in [-0.1, -0.05) is 0 Å². The van der Waals surface area contributed by atoms with E-state index in [2.05, 4.69) is 5.10 Å². The maximum Gasteiger partial charge on any atom is 0.365 e. The first kappa shape index (κ1) is 4.76. The molecule has 0 spiro atoms. The molecule has 42 valence electrons. The largest absolute Gasteiger partial charge is 0.711 e. The molecule has 0 atom stereocenters. The molecule has 0 saturated carbocycles. The van der Waals surface area contributed by atoms with Crippen LogP contribution in [0.3, 0.4) is 0 Å². The fraction of sp³-hybridized carbons (Fsp3) is 0. The molecule has 0 aliphatic carbocycles. The molecule has 5 heteroatoms. The second-order valence-electron chi connectivity index (χ2n) is 1.19. The number of hydrogen-bond acceptors (Lipinski definition) is 3. The maximum absolute atomic E-state index is 10.1. The summed E-state index contributed by atoms with van der Waals surface area (Å²) in [7, 11) is 0. The van der Waals surface area contributed by atoms with Crippen LogP contribution in [0.5, 0.6) is 0 Å². The molecule has 5 nitrogen and oxygen atoms in total. The first-order valence-electron chi connectivity index (χ1n) is 1.93. The third-order valence-electron chi connectivity index (χ3n) is 0.620. The van der Waals surface area contributed by atoms with Gasteiger partial charge in [0.25, 0.3) is 6.20 Å². The fourth-order valence-electron chi connectivity index (χ4n) is 0.302. The lowest BCUT2D eigenvalue weighted by molar-refractivity contribution is -0.713. The van der Waals surface area contributed by atoms with E-state index in [1.165, 1.54) is 0 Å². The van der Waals surface area contributed by atoms with Gasteiger partial charge in [0.15, 0.2) is 6.20 Å². The third kappa shape index (κ3) is 0.810. The van der Waals surface area contributed by atoms with E-state index in [0.29, 0.717) is 9.58 Å². The average molecular weight is 113 g/mol. The lowest BCUT2D eigenvalue weighted by atomic mass is 10.9. The van der Waals surface area contributed by atoms with Crippen LogP contribution in [0.15, 0.2) is 18.7 Å². The van der Waals surface area contributed by atoms with Gasteiger partial charge in [-0.3, -0.25) is 0 Å². The number of hydrogen-bond donors (Lipinski definition) is 0. The SMILES string of the molecule is [O-][n+]1cc[n+]([O-])nc1. The van der Waals surface area contributed by atoms with Crippen molar-refractivity contribution in [3.63, 3.8) is 0 Å². The zero-order chi connectivity index (χ0) is 5.98. The summed E-state index contributed by atoms with van der Waals surface area (Å²) in [6.45, 7) is 0. The Labute approximate surface area is 45.0 Å². The number of aromatic nitrogens is 3. The summed E-state index contributed by atoms with van der Waals surface area (Å²) in [6.07, 6.45) is 2.97. The molecule has 0 radical (unpaired) electrons. The highest BCUT2D eigenvalue weighted by molar-refractivity contribution is 4.43. The summed E-state index contributed by atoms with van der Waals surface area (Å²) < 4.78 is 0.439. The van der Waals surface area contributed by atoms with Crippen molar-refractivity contribution in [2.24, 2.45) is 0 Å². The van der Waals surface area contributed by atoms with E-state index >= 15 is 0 Å². The zero-order valence-electron chi connectivity index (χ0n) is 3.89. The van der Waals surface area contributed by atoms with Crippen LogP contribution < -0.4 is 9.58 Å². The van der Waals surface area contributed by atoms with E-state index in [9.17, 15) is 10.4 Å². The van der Waals surface area contributed by atoms with E-state index in [0.717, 1.165) is 18.7 Å². The Bertz CT molecular complexity index is 151. The van der Waals surface area contributed by atoms with Crippen molar-refractivity contribution >= 4 is 0 Å². The Morgan fingerprint density at radius 1 is 1.25 bits per heavy atom. The molecule has 0 unspecified atom stereocenters. The van der Waals surface area contributed by atoms with E-state index in [1.807, 2.05) is 0 Å². The molecule has 0 aliphatic heterocycles. The van der Waals surface area contributed by atoms with E-state index in [4.69, 9.17) is 0 Å². The second kappa shape index (κ2) is 1.61. The molecule has 0 fully saturated rings. The quantitative estimate of drug-likeness (QED) is 0.299. The molecule has 0 aliphatic rings. The number of nitrogens with zero attached hydrogens (tertiary/aromatic N) is 3. The molecule has 0 amide bonds. The lowest BCUT2D eigenvalue weighted by Gasteiger charge is -1.92. The summed E-state index contributed by atoms with van der Waals surface area (Å²) >= 11 is 0. The Morgan fingerprint density at radius 3 is 2.38 bits per heavy atom. The summed E-state index contributed by atoms with van der Waals surface area (Å²) in [5.41, 5.74) is 0. The molecule has 1 heterocycles. The van der Waals surface area contributed by atoms with E-state index in [1.54, 1.807) is 0 Å². The molecular formula is C3H3N3O2. The van der Waals surface area contributed by atoms with Crippen molar-refractivity contribution in [3.8, 4) is 0 Å². The smallest absolute Gasteiger partial charge is 0.365 e. The Hall–Kier alpha value is -1.39. The van der Waals surface area contributed by atoms with Gasteiger partial charge in [0, 0.05) is 4.85 Å². The predicted octanol–water partition coefficient (Wildman–Crippen LogP) is -1.65. The van der Waals surface area contributed by atoms with Crippen molar-refractivity contribution in [2.45, 2.75) is 0 Å². The third-order valence-corrected chi connectivity index (χ3v) is 0.620. The van der Waals surface area contributed by atoms with Crippen LogP contribution in [0.2, 0.25) is 0 Å². The van der Waals surface area contributed by atoms with Crippen LogP contribution in [-0.4, -0.2) is 5.10 Å². The van der Waals surface area contributed by atoms with E-state index in [-0.39, 0.29) is 0 Å². The van der Waals surface area contributed by atoms with E-state index < -0.39 is 0 Å². The Kier molecular flexibility index (Phi) is 0.957. The second-order valence-corrected chi connectivity index (χ2v) is 1.19. The zero-order valence-corrected chi connectivity index (χ0v) is 3.89. The summed E-state index contributed by atoms with van der Waals surface area (Å²) in [4.78, 5) is 0.300. The van der Waals surface area contributed by atoms with Gasteiger partial charge in [-0.25, -0.2) is 4.73 Å². The highest BCUT2D eigenvalue weighted by atomic mass is 16.5. The molecule has 0 N–H and O–H groups in total. The van der Waals surface area contributed by atoms with Gasteiger partial charge in [-0.05, 0) is 0 Å². The van der Waals surface area contributed by atoms with Crippen LogP contribution in [0.1, 0.15) is 0 Å². The van der Waals surface area contributed by atoms with Gasteiger partial charge >= 0.3 is 6.33 Å². The first-order valence-corrected chi connectivity index (χ1v) is 1.93. The molecule has 0 saturated heterocycles. The van der Waals surface area contributed by atoms with Crippen molar-refractivity contribution < 1.29 is 9.58 Å². The van der Waals surface area contributed by atoms with Gasteiger partial charge < -0.3 is 10.4 Å². The minimum atomic E-state index is 0.300. The highest BCUT2D eigenvalue weighted by Gasteiger charge is 1.92. The molecule has 0 aromatic carbocycles. The van der Waals surface area contributed by atoms with Crippen LogP contribution in [0, 0.1) is 10.4 Å². The van der Waals surface area contributed by atoms with Gasteiger partial charge in [0.05, 0.1) is 0 Å². The minimum Gasteiger partial charge on any atom is -0.711 e. The Balaban J connectivity index is 3.03. The molecular weight excluding hydrogens is 110 g/mol. The van der Waals surface area contributed by atoms with Gasteiger partial charge in [0.2, 0.25) is 5.10 Å². The van der Waals surface area contributed by atoms with Crippen LogP contribution in [0.4, 0.5) is 0 Å². The Morgan fingerprint density at radius 2 is 2.00 bits per heavy atom. The molecule has 8 heavy (non-hydrogen) atoms. The summed E-state index contributed by atoms with van der Waals surface area (Å²) in [6, 6.07) is 0. The van der Waals surface area contributed by atoms with Crippen molar-refractivity contribution in [1.29, 1.82) is 0 Å². The van der Waals surface area contributed by atoms with Crippen molar-refractivity contribution in [2.75, 3.05) is 0 Å². The summed E-state index contributed by atoms with van der Waals surface area (Å²) in [5, 5.41) is 23.3. The molecule has 1 aromatic rings. The molecule has 1 rings (SSSR count). The average Bonchev–Trinajstić information content (AvgIpc) is 1.77. The van der Waals surface area contributed by atoms with Crippen LogP contribution in [-0.2, 0) is 0 Å². The minimum absolute atomic E-state index is 0.300. The highest BCUT2D eigenvalue weighted by Crippen LogP contribution is 1.55. The standard InChI is InChI=1S/C3H3N3O2/c7-5-1-2-6(8)4-3-5/h1-3H. The van der Waals surface area contributed by atoms with Gasteiger partial charge in [0.1, 0.15) is 0 Å². The monoisotopic (exact) mass is 113 g/mol. The van der Waals surface area contributed by atoms with Gasteiger partial charge in [-0.15, -0.1) is 0 Å². The number of rotatable bonds is 0. The first-order chi connectivity index (χ1) is 3.79. The van der Waals surface area contributed by atoms with Crippen LogP contribution >= 0.6 is 0 Å². The topological polar surface area (TPSA) is 66.8 Å². The van der Waals surface area contributed by atoms with Crippen molar-refractivity contribution in [3.05, 3.63) is 29.1 Å². The van der Waals surface area contributed by atoms with Crippen LogP contribution in [0.25, 0.3) is 0 Å².